The van der Waals surface area contributed by atoms with Crippen LogP contribution in [0, 0.1) is 5.92 Å². The first-order valence-electron chi connectivity index (χ1n) is 5.71. The third-order valence-electron chi connectivity index (χ3n) is 2.23. The molecule has 16 heavy (non-hydrogen) atoms. The minimum Gasteiger partial charge on any atom is -0.380 e. The van der Waals surface area contributed by atoms with Gasteiger partial charge in [0.2, 0.25) is 0 Å². The molecule has 92 valence electrons. The lowest BCUT2D eigenvalue weighted by Crippen LogP contribution is -2.16. The molecule has 0 saturated heterocycles. The summed E-state index contributed by atoms with van der Waals surface area (Å²) in [6.45, 7) is 7.24. The van der Waals surface area contributed by atoms with E-state index in [0.717, 1.165) is 18.9 Å². The summed E-state index contributed by atoms with van der Waals surface area (Å²) in [7, 11) is 1.87. The van der Waals surface area contributed by atoms with Gasteiger partial charge in [-0.2, -0.15) is 0 Å². The molecule has 6 heteroatoms. The standard InChI is InChI=1S/C10H21N5O/c1-9(2)4-6-16-7-5-15-10(8-11-3)12-13-14-15/h9,11H,4-8H2,1-3H3. The zero-order valence-electron chi connectivity index (χ0n) is 10.3. The summed E-state index contributed by atoms with van der Waals surface area (Å²) in [6.07, 6.45) is 1.10. The average molecular weight is 227 g/mol. The van der Waals surface area contributed by atoms with Crippen molar-refractivity contribution in [3.8, 4) is 0 Å². The molecular formula is C10H21N5O. The Morgan fingerprint density at radius 1 is 1.38 bits per heavy atom. The second-order valence-corrected chi connectivity index (χ2v) is 4.14. The molecule has 1 aromatic rings. The normalized spacial score (nSPS) is 11.2. The molecule has 1 aromatic heterocycles. The highest BCUT2D eigenvalue weighted by atomic mass is 16.5. The first kappa shape index (κ1) is 13.1. The fourth-order valence-electron chi connectivity index (χ4n) is 1.25. The Bertz CT molecular complexity index is 286. The van der Waals surface area contributed by atoms with E-state index in [0.29, 0.717) is 25.6 Å². The van der Waals surface area contributed by atoms with E-state index < -0.39 is 0 Å². The molecule has 0 amide bonds. The monoisotopic (exact) mass is 227 g/mol. The van der Waals surface area contributed by atoms with Crippen LogP contribution in [0.15, 0.2) is 0 Å². The molecule has 0 aliphatic heterocycles. The number of ether oxygens (including phenoxy) is 1. The van der Waals surface area contributed by atoms with E-state index in [4.69, 9.17) is 4.74 Å². The molecule has 0 spiro atoms. The minimum absolute atomic E-state index is 0.661. The summed E-state index contributed by atoms with van der Waals surface area (Å²) in [5.41, 5.74) is 0. The molecule has 0 atom stereocenters. The maximum atomic E-state index is 5.51. The van der Waals surface area contributed by atoms with Crippen molar-refractivity contribution in [3.05, 3.63) is 5.82 Å². The van der Waals surface area contributed by atoms with Gasteiger partial charge in [0.05, 0.1) is 19.7 Å². The van der Waals surface area contributed by atoms with Crippen molar-refractivity contribution < 1.29 is 4.74 Å². The van der Waals surface area contributed by atoms with E-state index >= 15 is 0 Å². The van der Waals surface area contributed by atoms with Crippen LogP contribution in [-0.4, -0.2) is 40.5 Å². The molecule has 0 radical (unpaired) electrons. The third-order valence-corrected chi connectivity index (χ3v) is 2.23. The predicted molar refractivity (Wildman–Crippen MR) is 60.9 cm³/mol. The van der Waals surface area contributed by atoms with E-state index in [-0.39, 0.29) is 0 Å². The highest BCUT2D eigenvalue weighted by molar-refractivity contribution is 4.78. The first-order valence-corrected chi connectivity index (χ1v) is 5.71. The molecule has 0 bridgehead atoms. The van der Waals surface area contributed by atoms with E-state index in [1.807, 2.05) is 7.05 Å². The van der Waals surface area contributed by atoms with Crippen LogP contribution in [0.5, 0.6) is 0 Å². The highest BCUT2D eigenvalue weighted by Gasteiger charge is 2.03. The van der Waals surface area contributed by atoms with Crippen molar-refractivity contribution in [1.82, 2.24) is 25.5 Å². The van der Waals surface area contributed by atoms with Gasteiger partial charge in [-0.25, -0.2) is 4.68 Å². The number of hydrogen-bond acceptors (Lipinski definition) is 5. The fraction of sp³-hybridized carbons (Fsp3) is 0.900. The van der Waals surface area contributed by atoms with E-state index in [9.17, 15) is 0 Å². The van der Waals surface area contributed by atoms with Gasteiger partial charge in [-0.15, -0.1) is 5.10 Å². The third kappa shape index (κ3) is 4.67. The molecule has 1 heterocycles. The fourth-order valence-corrected chi connectivity index (χ4v) is 1.25. The van der Waals surface area contributed by atoms with Gasteiger partial charge in [0.25, 0.3) is 0 Å². The van der Waals surface area contributed by atoms with Crippen LogP contribution in [0.25, 0.3) is 0 Å². The van der Waals surface area contributed by atoms with Gasteiger partial charge >= 0.3 is 0 Å². The number of nitrogens with one attached hydrogen (secondary N) is 1. The van der Waals surface area contributed by atoms with Crippen LogP contribution in [0.3, 0.4) is 0 Å². The van der Waals surface area contributed by atoms with Crippen LogP contribution in [0.1, 0.15) is 26.1 Å². The van der Waals surface area contributed by atoms with Gasteiger partial charge in [-0.3, -0.25) is 0 Å². The molecule has 0 aliphatic rings. The van der Waals surface area contributed by atoms with Gasteiger partial charge in [-0.05, 0) is 29.8 Å². The molecule has 1 N–H and O–H groups in total. The summed E-state index contributed by atoms with van der Waals surface area (Å²) in [4.78, 5) is 0. The quantitative estimate of drug-likeness (QED) is 0.653. The van der Waals surface area contributed by atoms with Crippen LogP contribution < -0.4 is 5.32 Å². The van der Waals surface area contributed by atoms with Crippen LogP contribution >= 0.6 is 0 Å². The number of hydrogen-bond donors (Lipinski definition) is 1. The Morgan fingerprint density at radius 3 is 2.88 bits per heavy atom. The minimum atomic E-state index is 0.661. The van der Waals surface area contributed by atoms with Crippen LogP contribution in [-0.2, 0) is 17.8 Å². The second-order valence-electron chi connectivity index (χ2n) is 4.14. The number of nitrogens with zero attached hydrogens (tertiary/aromatic N) is 4. The molecule has 0 aromatic carbocycles. The number of tetrazole rings is 1. The Morgan fingerprint density at radius 2 is 2.19 bits per heavy atom. The van der Waals surface area contributed by atoms with E-state index in [2.05, 4.69) is 34.7 Å². The van der Waals surface area contributed by atoms with Crippen molar-refractivity contribution in [2.24, 2.45) is 5.92 Å². The number of rotatable bonds is 8. The number of aromatic nitrogens is 4. The summed E-state index contributed by atoms with van der Waals surface area (Å²) in [6, 6.07) is 0. The Balaban J connectivity index is 2.18. The van der Waals surface area contributed by atoms with Gasteiger partial charge < -0.3 is 10.1 Å². The lowest BCUT2D eigenvalue weighted by atomic mass is 10.1. The molecule has 6 nitrogen and oxygen atoms in total. The zero-order valence-corrected chi connectivity index (χ0v) is 10.3. The predicted octanol–water partition coefficient (Wildman–Crippen LogP) is 0.455. The SMILES string of the molecule is CNCc1nnnn1CCOCCC(C)C. The summed E-state index contributed by atoms with van der Waals surface area (Å²) in [5.74, 6) is 1.53. The molecule has 0 aliphatic carbocycles. The topological polar surface area (TPSA) is 64.9 Å². The molecular weight excluding hydrogens is 206 g/mol. The largest absolute Gasteiger partial charge is 0.380 e. The van der Waals surface area contributed by atoms with Gasteiger partial charge in [0, 0.05) is 6.61 Å². The highest BCUT2D eigenvalue weighted by Crippen LogP contribution is 1.99. The molecule has 0 saturated carbocycles. The lowest BCUT2D eigenvalue weighted by molar-refractivity contribution is 0.113. The molecule has 1 rings (SSSR count). The van der Waals surface area contributed by atoms with Crippen molar-refractivity contribution in [1.29, 1.82) is 0 Å². The smallest absolute Gasteiger partial charge is 0.165 e. The van der Waals surface area contributed by atoms with Gasteiger partial charge in [0.15, 0.2) is 5.82 Å². The van der Waals surface area contributed by atoms with Gasteiger partial charge in [-0.1, -0.05) is 13.8 Å². The van der Waals surface area contributed by atoms with Crippen molar-refractivity contribution in [2.45, 2.75) is 33.4 Å². The maximum Gasteiger partial charge on any atom is 0.165 e. The van der Waals surface area contributed by atoms with E-state index in [1.54, 1.807) is 4.68 Å². The average Bonchev–Trinajstić information content (AvgIpc) is 2.65. The summed E-state index contributed by atoms with van der Waals surface area (Å²) >= 11 is 0. The maximum absolute atomic E-state index is 5.51. The first-order chi connectivity index (χ1) is 7.74. The summed E-state index contributed by atoms with van der Waals surface area (Å²) in [5, 5.41) is 14.5. The zero-order chi connectivity index (χ0) is 11.8. The Labute approximate surface area is 96.4 Å². The van der Waals surface area contributed by atoms with Crippen LogP contribution in [0.4, 0.5) is 0 Å². The Hall–Kier alpha value is -1.01. The van der Waals surface area contributed by atoms with Crippen LogP contribution in [0.2, 0.25) is 0 Å². The molecule has 0 unspecified atom stereocenters. The van der Waals surface area contributed by atoms with Gasteiger partial charge in [0.1, 0.15) is 0 Å². The Kier molecular flexibility index (Phi) is 5.95. The molecule has 0 fully saturated rings. The van der Waals surface area contributed by atoms with Crippen molar-refractivity contribution in [2.75, 3.05) is 20.3 Å². The summed E-state index contributed by atoms with van der Waals surface area (Å²) < 4.78 is 7.28. The van der Waals surface area contributed by atoms with Crippen molar-refractivity contribution >= 4 is 0 Å². The second kappa shape index (κ2) is 7.29. The van der Waals surface area contributed by atoms with E-state index in [1.165, 1.54) is 0 Å². The lowest BCUT2D eigenvalue weighted by Gasteiger charge is -2.07. The van der Waals surface area contributed by atoms with Crippen molar-refractivity contribution in [3.63, 3.8) is 0 Å².